The monoisotopic (exact) mass is 277 g/mol. The lowest BCUT2D eigenvalue weighted by molar-refractivity contribution is 0.0698. The van der Waals surface area contributed by atoms with Crippen LogP contribution in [-0.2, 0) is 0 Å². The molecule has 0 fully saturated rings. The van der Waals surface area contributed by atoms with Crippen molar-refractivity contribution in [2.45, 2.75) is 0 Å². The number of carboxylic acid groups (broad SMARTS) is 1. The van der Waals surface area contributed by atoms with Gasteiger partial charge in [0.1, 0.15) is 5.75 Å². The molecule has 5 heteroatoms. The van der Waals surface area contributed by atoms with Crippen molar-refractivity contribution in [2.24, 2.45) is 0 Å². The smallest absolute Gasteiger partial charge is 0.337 e. The summed E-state index contributed by atoms with van der Waals surface area (Å²) in [6.07, 6.45) is 0. The maximum absolute atomic E-state index is 11.2. The highest BCUT2D eigenvalue weighted by Crippen LogP contribution is 2.27. The van der Waals surface area contributed by atoms with Gasteiger partial charge in [0.05, 0.1) is 18.4 Å². The van der Waals surface area contributed by atoms with Gasteiger partial charge in [-0.05, 0) is 30.3 Å². The molecule has 98 valence electrons. The van der Waals surface area contributed by atoms with E-state index in [-0.39, 0.29) is 5.56 Å². The third-order valence-electron chi connectivity index (χ3n) is 2.56. The molecular formula is C14H12ClNO3. The highest BCUT2D eigenvalue weighted by molar-refractivity contribution is 6.30. The number of carboxylic acids is 1. The van der Waals surface area contributed by atoms with Crippen molar-refractivity contribution >= 4 is 28.9 Å². The van der Waals surface area contributed by atoms with Crippen LogP contribution in [-0.4, -0.2) is 18.2 Å². The van der Waals surface area contributed by atoms with Crippen LogP contribution in [0.25, 0.3) is 0 Å². The summed E-state index contributed by atoms with van der Waals surface area (Å²) in [5, 5.41) is 12.8. The summed E-state index contributed by atoms with van der Waals surface area (Å²) in [6, 6.07) is 11.8. The Bertz CT molecular complexity index is 613. The zero-order valence-corrected chi connectivity index (χ0v) is 10.9. The minimum Gasteiger partial charge on any atom is -0.497 e. The first-order valence-corrected chi connectivity index (χ1v) is 5.92. The minimum absolute atomic E-state index is 0.167. The third kappa shape index (κ3) is 3.17. The van der Waals surface area contributed by atoms with Crippen LogP contribution in [0, 0.1) is 0 Å². The summed E-state index contributed by atoms with van der Waals surface area (Å²) >= 11 is 5.89. The number of rotatable bonds is 4. The minimum atomic E-state index is -1.01. The molecule has 2 aromatic rings. The Morgan fingerprint density at radius 3 is 2.68 bits per heavy atom. The van der Waals surface area contributed by atoms with E-state index in [1.54, 1.807) is 36.4 Å². The Morgan fingerprint density at radius 2 is 2.05 bits per heavy atom. The van der Waals surface area contributed by atoms with E-state index in [1.807, 2.05) is 0 Å². The van der Waals surface area contributed by atoms with Crippen LogP contribution in [0.4, 0.5) is 11.4 Å². The Balaban J connectivity index is 2.39. The molecule has 0 saturated heterocycles. The van der Waals surface area contributed by atoms with E-state index in [9.17, 15) is 4.79 Å². The molecule has 0 aliphatic rings. The fourth-order valence-corrected chi connectivity index (χ4v) is 1.85. The van der Waals surface area contributed by atoms with Crippen LogP contribution in [0.1, 0.15) is 10.4 Å². The number of carbonyl (C=O) groups is 1. The van der Waals surface area contributed by atoms with E-state index >= 15 is 0 Å². The Kier molecular flexibility index (Phi) is 3.92. The van der Waals surface area contributed by atoms with Gasteiger partial charge in [-0.15, -0.1) is 0 Å². The van der Waals surface area contributed by atoms with E-state index in [4.69, 9.17) is 21.4 Å². The van der Waals surface area contributed by atoms with Gasteiger partial charge in [0, 0.05) is 16.8 Å². The zero-order valence-electron chi connectivity index (χ0n) is 10.2. The number of aromatic carboxylic acids is 1. The van der Waals surface area contributed by atoms with E-state index < -0.39 is 5.97 Å². The number of anilines is 2. The molecule has 0 heterocycles. The molecule has 2 rings (SSSR count). The Morgan fingerprint density at radius 1 is 1.26 bits per heavy atom. The molecule has 0 unspecified atom stereocenters. The molecule has 0 amide bonds. The van der Waals surface area contributed by atoms with Gasteiger partial charge in [0.15, 0.2) is 0 Å². The summed E-state index contributed by atoms with van der Waals surface area (Å²) in [5.41, 5.74) is 1.33. The first kappa shape index (κ1) is 13.2. The predicted octanol–water partition coefficient (Wildman–Crippen LogP) is 3.79. The fraction of sp³-hybridized carbons (Fsp3) is 0.0714. The maximum atomic E-state index is 11.2. The van der Waals surface area contributed by atoms with Crippen molar-refractivity contribution in [1.29, 1.82) is 0 Å². The number of ether oxygens (including phenoxy) is 1. The first-order chi connectivity index (χ1) is 9.10. The van der Waals surface area contributed by atoms with Gasteiger partial charge in [0.25, 0.3) is 0 Å². The summed E-state index contributed by atoms with van der Waals surface area (Å²) in [4.78, 5) is 11.2. The lowest BCUT2D eigenvalue weighted by atomic mass is 10.1. The lowest BCUT2D eigenvalue weighted by Crippen LogP contribution is -2.03. The SMILES string of the molecule is COc1ccc(C(=O)O)c(Nc2cccc(Cl)c2)c1. The molecule has 4 nitrogen and oxygen atoms in total. The maximum Gasteiger partial charge on any atom is 0.337 e. The van der Waals surface area contributed by atoms with Gasteiger partial charge in [-0.3, -0.25) is 0 Å². The molecule has 0 aliphatic carbocycles. The second-order valence-electron chi connectivity index (χ2n) is 3.85. The van der Waals surface area contributed by atoms with Crippen molar-refractivity contribution in [3.05, 3.63) is 53.1 Å². The Labute approximate surface area is 115 Å². The second-order valence-corrected chi connectivity index (χ2v) is 4.29. The summed E-state index contributed by atoms with van der Waals surface area (Å²) in [7, 11) is 1.53. The van der Waals surface area contributed by atoms with E-state index in [0.29, 0.717) is 22.1 Å². The van der Waals surface area contributed by atoms with Crippen LogP contribution >= 0.6 is 11.6 Å². The zero-order chi connectivity index (χ0) is 13.8. The van der Waals surface area contributed by atoms with Gasteiger partial charge in [0.2, 0.25) is 0 Å². The molecule has 0 atom stereocenters. The molecule has 0 aliphatic heterocycles. The van der Waals surface area contributed by atoms with Gasteiger partial charge < -0.3 is 15.2 Å². The number of hydrogen-bond acceptors (Lipinski definition) is 3. The molecular weight excluding hydrogens is 266 g/mol. The van der Waals surface area contributed by atoms with Crippen LogP contribution in [0.15, 0.2) is 42.5 Å². The second kappa shape index (κ2) is 5.63. The molecule has 0 saturated carbocycles. The summed E-state index contributed by atoms with van der Waals surface area (Å²) < 4.78 is 5.09. The summed E-state index contributed by atoms with van der Waals surface area (Å²) in [6.45, 7) is 0. The highest BCUT2D eigenvalue weighted by Gasteiger charge is 2.11. The van der Waals surface area contributed by atoms with Gasteiger partial charge >= 0.3 is 5.97 Å². The van der Waals surface area contributed by atoms with Crippen LogP contribution < -0.4 is 10.1 Å². The van der Waals surface area contributed by atoms with Crippen LogP contribution in [0.2, 0.25) is 5.02 Å². The van der Waals surface area contributed by atoms with E-state index in [2.05, 4.69) is 5.32 Å². The molecule has 19 heavy (non-hydrogen) atoms. The number of methoxy groups -OCH3 is 1. The molecule has 2 aromatic carbocycles. The largest absolute Gasteiger partial charge is 0.497 e. The lowest BCUT2D eigenvalue weighted by Gasteiger charge is -2.11. The van der Waals surface area contributed by atoms with Crippen molar-refractivity contribution < 1.29 is 14.6 Å². The number of benzene rings is 2. The Hall–Kier alpha value is -2.20. The third-order valence-corrected chi connectivity index (χ3v) is 2.80. The predicted molar refractivity (Wildman–Crippen MR) is 74.7 cm³/mol. The first-order valence-electron chi connectivity index (χ1n) is 5.54. The quantitative estimate of drug-likeness (QED) is 0.893. The molecule has 0 aromatic heterocycles. The average Bonchev–Trinajstić information content (AvgIpc) is 2.38. The fourth-order valence-electron chi connectivity index (χ4n) is 1.66. The van der Waals surface area contributed by atoms with Crippen LogP contribution in [0.5, 0.6) is 5.75 Å². The standard InChI is InChI=1S/C14H12ClNO3/c1-19-11-5-6-12(14(17)18)13(8-11)16-10-4-2-3-9(15)7-10/h2-8,16H,1H3,(H,17,18). The van der Waals surface area contributed by atoms with Crippen LogP contribution in [0.3, 0.4) is 0 Å². The number of nitrogens with one attached hydrogen (secondary N) is 1. The van der Waals surface area contributed by atoms with Gasteiger partial charge in [-0.25, -0.2) is 4.79 Å². The number of halogens is 1. The van der Waals surface area contributed by atoms with E-state index in [0.717, 1.165) is 0 Å². The van der Waals surface area contributed by atoms with Crippen molar-refractivity contribution in [3.63, 3.8) is 0 Å². The number of hydrogen-bond donors (Lipinski definition) is 2. The average molecular weight is 278 g/mol. The van der Waals surface area contributed by atoms with Gasteiger partial charge in [-0.2, -0.15) is 0 Å². The van der Waals surface area contributed by atoms with Gasteiger partial charge in [-0.1, -0.05) is 17.7 Å². The van der Waals surface area contributed by atoms with Crippen molar-refractivity contribution in [2.75, 3.05) is 12.4 Å². The van der Waals surface area contributed by atoms with Crippen molar-refractivity contribution in [1.82, 2.24) is 0 Å². The van der Waals surface area contributed by atoms with Crippen molar-refractivity contribution in [3.8, 4) is 5.75 Å². The molecule has 2 N–H and O–H groups in total. The molecule has 0 radical (unpaired) electrons. The molecule has 0 bridgehead atoms. The molecule has 0 spiro atoms. The van der Waals surface area contributed by atoms with E-state index in [1.165, 1.54) is 13.2 Å². The highest BCUT2D eigenvalue weighted by atomic mass is 35.5. The summed E-state index contributed by atoms with van der Waals surface area (Å²) in [5.74, 6) is -0.429. The normalized spacial score (nSPS) is 10.0. The topological polar surface area (TPSA) is 58.6 Å².